The maximum Gasteiger partial charge on any atom is 0.339 e. The zero-order chi connectivity index (χ0) is 10.9. The van der Waals surface area contributed by atoms with Gasteiger partial charge in [-0.1, -0.05) is 0 Å². The van der Waals surface area contributed by atoms with Crippen LogP contribution >= 0.6 is 0 Å². The Morgan fingerprint density at radius 1 is 1.57 bits per heavy atom. The monoisotopic (exact) mass is 218 g/mol. The highest BCUT2D eigenvalue weighted by atomic mass is 32.2. The lowest BCUT2D eigenvalue weighted by molar-refractivity contribution is 0.0695. The number of carbonyl (C=O) groups is 1. The lowest BCUT2D eigenvalue weighted by Crippen LogP contribution is -1.99. The predicted molar refractivity (Wildman–Crippen MR) is 49.0 cm³/mol. The van der Waals surface area contributed by atoms with E-state index in [1.54, 1.807) is 0 Å². The number of carboxylic acid groups (broad SMARTS) is 1. The number of aryl methyl sites for hydroxylation is 1. The van der Waals surface area contributed by atoms with Crippen LogP contribution in [0.2, 0.25) is 0 Å². The van der Waals surface area contributed by atoms with Crippen molar-refractivity contribution in [2.45, 2.75) is 12.7 Å². The molecule has 1 N–H and O–H groups in total. The third-order valence-electron chi connectivity index (χ3n) is 1.60. The van der Waals surface area contributed by atoms with Gasteiger partial charge in [0.05, 0.1) is 0 Å². The Hall–Kier alpha value is -1.30. The minimum atomic E-state index is -3.19. The summed E-state index contributed by atoms with van der Waals surface area (Å²) in [5.74, 6) is -1.02. The SMILES string of the molecule is Cc1oc(CS(C)(=O)=O)cc1C(=O)O. The van der Waals surface area contributed by atoms with Crippen molar-refractivity contribution in [2.24, 2.45) is 0 Å². The Morgan fingerprint density at radius 3 is 2.50 bits per heavy atom. The summed E-state index contributed by atoms with van der Waals surface area (Å²) >= 11 is 0. The van der Waals surface area contributed by atoms with Gasteiger partial charge in [0, 0.05) is 6.26 Å². The molecular formula is C8H10O5S. The average molecular weight is 218 g/mol. The van der Waals surface area contributed by atoms with Crippen molar-refractivity contribution >= 4 is 15.8 Å². The zero-order valence-corrected chi connectivity index (χ0v) is 8.59. The van der Waals surface area contributed by atoms with Gasteiger partial charge in [-0.05, 0) is 13.0 Å². The molecule has 6 heteroatoms. The Labute approximate surface area is 81.3 Å². The molecule has 1 heterocycles. The molecule has 0 unspecified atom stereocenters. The van der Waals surface area contributed by atoms with Crippen molar-refractivity contribution in [3.05, 3.63) is 23.2 Å². The first kappa shape index (κ1) is 10.8. The molecule has 1 aromatic heterocycles. The molecule has 0 bridgehead atoms. The number of hydrogen-bond donors (Lipinski definition) is 1. The molecule has 78 valence electrons. The molecule has 1 rings (SSSR count). The normalized spacial score (nSPS) is 11.6. The van der Waals surface area contributed by atoms with Gasteiger partial charge < -0.3 is 9.52 Å². The summed E-state index contributed by atoms with van der Waals surface area (Å²) in [6, 6.07) is 1.23. The van der Waals surface area contributed by atoms with Crippen molar-refractivity contribution in [1.29, 1.82) is 0 Å². The molecule has 0 saturated heterocycles. The summed E-state index contributed by atoms with van der Waals surface area (Å²) < 4.78 is 26.8. The predicted octanol–water partition coefficient (Wildman–Crippen LogP) is 0.831. The second-order valence-corrected chi connectivity index (χ2v) is 5.20. The van der Waals surface area contributed by atoms with E-state index < -0.39 is 15.8 Å². The van der Waals surface area contributed by atoms with Gasteiger partial charge in [-0.2, -0.15) is 0 Å². The molecule has 1 aromatic rings. The fraction of sp³-hybridized carbons (Fsp3) is 0.375. The minimum absolute atomic E-state index is 0.00338. The van der Waals surface area contributed by atoms with Crippen molar-refractivity contribution < 1.29 is 22.7 Å². The van der Waals surface area contributed by atoms with Gasteiger partial charge in [0.25, 0.3) is 0 Å². The van der Waals surface area contributed by atoms with Crippen LogP contribution in [-0.4, -0.2) is 25.7 Å². The van der Waals surface area contributed by atoms with Crippen LogP contribution in [0.4, 0.5) is 0 Å². The lowest BCUT2D eigenvalue weighted by atomic mass is 10.2. The molecule has 0 spiro atoms. The Balaban J connectivity index is 3.04. The summed E-state index contributed by atoms with van der Waals surface area (Å²) in [5.41, 5.74) is 0.00338. The highest BCUT2D eigenvalue weighted by molar-refractivity contribution is 7.89. The number of aromatic carboxylic acids is 1. The largest absolute Gasteiger partial charge is 0.478 e. The van der Waals surface area contributed by atoms with Crippen LogP contribution in [0.5, 0.6) is 0 Å². The first-order chi connectivity index (χ1) is 6.29. The van der Waals surface area contributed by atoms with E-state index in [1.807, 2.05) is 0 Å². The number of furan rings is 1. The molecule has 0 aliphatic carbocycles. The van der Waals surface area contributed by atoms with Gasteiger partial charge in [-0.15, -0.1) is 0 Å². The van der Waals surface area contributed by atoms with E-state index in [1.165, 1.54) is 13.0 Å². The first-order valence-corrected chi connectivity index (χ1v) is 5.86. The Kier molecular flexibility index (Phi) is 2.66. The molecule has 5 nitrogen and oxygen atoms in total. The van der Waals surface area contributed by atoms with E-state index >= 15 is 0 Å². The van der Waals surface area contributed by atoms with Crippen molar-refractivity contribution in [2.75, 3.05) is 6.26 Å². The summed E-state index contributed by atoms with van der Waals surface area (Å²) in [6.45, 7) is 1.48. The molecule has 0 amide bonds. The number of hydrogen-bond acceptors (Lipinski definition) is 4. The van der Waals surface area contributed by atoms with Crippen LogP contribution in [-0.2, 0) is 15.6 Å². The summed E-state index contributed by atoms with van der Waals surface area (Å²) in [4.78, 5) is 10.6. The van der Waals surface area contributed by atoms with Crippen LogP contribution in [0.3, 0.4) is 0 Å². The van der Waals surface area contributed by atoms with Crippen LogP contribution in [0, 0.1) is 6.92 Å². The van der Waals surface area contributed by atoms with Crippen molar-refractivity contribution in [1.82, 2.24) is 0 Å². The fourth-order valence-corrected chi connectivity index (χ4v) is 1.74. The minimum Gasteiger partial charge on any atom is -0.478 e. The highest BCUT2D eigenvalue weighted by Crippen LogP contribution is 2.16. The highest BCUT2D eigenvalue weighted by Gasteiger charge is 2.16. The third kappa shape index (κ3) is 2.59. The van der Waals surface area contributed by atoms with E-state index in [0.29, 0.717) is 0 Å². The molecule has 0 aliphatic heterocycles. The van der Waals surface area contributed by atoms with Gasteiger partial charge in [0.15, 0.2) is 9.84 Å². The number of carboxylic acids is 1. The molecule has 14 heavy (non-hydrogen) atoms. The van der Waals surface area contributed by atoms with E-state index in [-0.39, 0.29) is 22.8 Å². The molecule has 0 fully saturated rings. The number of sulfone groups is 1. The topological polar surface area (TPSA) is 84.6 Å². The Bertz CT molecular complexity index is 454. The van der Waals surface area contributed by atoms with Crippen LogP contribution in [0.25, 0.3) is 0 Å². The van der Waals surface area contributed by atoms with Gasteiger partial charge in [0.1, 0.15) is 22.8 Å². The summed E-state index contributed by atoms with van der Waals surface area (Å²) in [6.07, 6.45) is 1.06. The first-order valence-electron chi connectivity index (χ1n) is 3.80. The number of rotatable bonds is 3. The van der Waals surface area contributed by atoms with Gasteiger partial charge >= 0.3 is 5.97 Å². The standard InChI is InChI=1S/C8H10O5S/c1-5-7(8(9)10)3-6(13-5)4-14(2,11)12/h3H,4H2,1-2H3,(H,9,10). The van der Waals surface area contributed by atoms with E-state index in [2.05, 4.69) is 0 Å². The van der Waals surface area contributed by atoms with Gasteiger partial charge in [0.2, 0.25) is 0 Å². The Morgan fingerprint density at radius 2 is 2.14 bits per heavy atom. The van der Waals surface area contributed by atoms with E-state index in [9.17, 15) is 13.2 Å². The van der Waals surface area contributed by atoms with Crippen LogP contribution < -0.4 is 0 Å². The smallest absolute Gasteiger partial charge is 0.339 e. The maximum atomic E-state index is 10.9. The van der Waals surface area contributed by atoms with E-state index in [0.717, 1.165) is 6.26 Å². The fourth-order valence-electron chi connectivity index (χ4n) is 1.09. The van der Waals surface area contributed by atoms with Crippen molar-refractivity contribution in [3.8, 4) is 0 Å². The van der Waals surface area contributed by atoms with Crippen LogP contribution in [0.15, 0.2) is 10.5 Å². The second kappa shape index (κ2) is 3.45. The van der Waals surface area contributed by atoms with E-state index in [4.69, 9.17) is 9.52 Å². The molecule has 0 aliphatic rings. The summed E-state index contributed by atoms with van der Waals surface area (Å²) in [7, 11) is -3.19. The molecular weight excluding hydrogens is 208 g/mol. The lowest BCUT2D eigenvalue weighted by Gasteiger charge is -1.91. The summed E-state index contributed by atoms with van der Waals surface area (Å²) in [5, 5.41) is 8.67. The maximum absolute atomic E-state index is 10.9. The molecule has 0 radical (unpaired) electrons. The zero-order valence-electron chi connectivity index (χ0n) is 7.77. The third-order valence-corrected chi connectivity index (χ3v) is 2.41. The molecule has 0 aromatic carbocycles. The van der Waals surface area contributed by atoms with Gasteiger partial charge in [-0.3, -0.25) is 0 Å². The molecule has 0 saturated carbocycles. The van der Waals surface area contributed by atoms with Crippen LogP contribution in [0.1, 0.15) is 21.9 Å². The molecule has 0 atom stereocenters. The second-order valence-electron chi connectivity index (χ2n) is 3.06. The average Bonchev–Trinajstić information content (AvgIpc) is 2.26. The van der Waals surface area contributed by atoms with Gasteiger partial charge in [-0.25, -0.2) is 13.2 Å². The quantitative estimate of drug-likeness (QED) is 0.812. The van der Waals surface area contributed by atoms with Crippen molar-refractivity contribution in [3.63, 3.8) is 0 Å².